The molecule has 0 aliphatic carbocycles. The highest BCUT2D eigenvalue weighted by molar-refractivity contribution is 5.95. The molecule has 1 amide bonds. The smallest absolute Gasteiger partial charge is 0.241 e. The summed E-state index contributed by atoms with van der Waals surface area (Å²) in [4.78, 5) is 14.3. The molecule has 1 aromatic heterocycles. The Kier molecular flexibility index (Phi) is 4.98. The summed E-state index contributed by atoms with van der Waals surface area (Å²) in [7, 11) is 1.90. The first-order valence-electron chi connectivity index (χ1n) is 7.37. The highest BCUT2D eigenvalue weighted by Crippen LogP contribution is 2.17. The van der Waals surface area contributed by atoms with Crippen molar-refractivity contribution in [2.24, 2.45) is 0 Å². The molecule has 1 atom stereocenters. The molecule has 0 aliphatic heterocycles. The van der Waals surface area contributed by atoms with Gasteiger partial charge < -0.3 is 9.84 Å². The number of aromatic nitrogens is 1. The van der Waals surface area contributed by atoms with Gasteiger partial charge >= 0.3 is 0 Å². The van der Waals surface area contributed by atoms with E-state index in [1.807, 2.05) is 57.8 Å². The van der Waals surface area contributed by atoms with Gasteiger partial charge in [0.1, 0.15) is 5.76 Å². The highest BCUT2D eigenvalue weighted by Gasteiger charge is 2.19. The van der Waals surface area contributed by atoms with Crippen molar-refractivity contribution in [2.45, 2.75) is 40.3 Å². The zero-order valence-electron chi connectivity index (χ0n) is 13.8. The average molecular weight is 301 g/mol. The van der Waals surface area contributed by atoms with E-state index >= 15 is 0 Å². The summed E-state index contributed by atoms with van der Waals surface area (Å²) < 4.78 is 5.05. The van der Waals surface area contributed by atoms with E-state index in [0.29, 0.717) is 6.54 Å². The summed E-state index contributed by atoms with van der Waals surface area (Å²) in [5, 5.41) is 6.94. The lowest BCUT2D eigenvalue weighted by atomic mass is 10.1. The maximum Gasteiger partial charge on any atom is 0.241 e. The molecule has 0 radical (unpaired) electrons. The minimum absolute atomic E-state index is 0.0327. The summed E-state index contributed by atoms with van der Waals surface area (Å²) in [6.07, 6.45) is 0. The van der Waals surface area contributed by atoms with Crippen LogP contribution in [0.4, 0.5) is 5.69 Å². The molecular formula is C17H23N3O2. The number of hydrogen-bond donors (Lipinski definition) is 1. The highest BCUT2D eigenvalue weighted by atomic mass is 16.5. The van der Waals surface area contributed by atoms with Crippen molar-refractivity contribution in [3.8, 4) is 0 Å². The van der Waals surface area contributed by atoms with Gasteiger partial charge in [0, 0.05) is 18.3 Å². The third-order valence-corrected chi connectivity index (χ3v) is 3.77. The van der Waals surface area contributed by atoms with Crippen LogP contribution in [-0.4, -0.2) is 29.1 Å². The van der Waals surface area contributed by atoms with E-state index in [0.717, 1.165) is 22.7 Å². The summed E-state index contributed by atoms with van der Waals surface area (Å²) in [6.45, 7) is 8.33. The zero-order chi connectivity index (χ0) is 16.3. The van der Waals surface area contributed by atoms with Gasteiger partial charge in [-0.3, -0.25) is 9.69 Å². The van der Waals surface area contributed by atoms with Crippen LogP contribution >= 0.6 is 0 Å². The number of amides is 1. The Hall–Kier alpha value is -2.14. The number of aryl methyl sites for hydroxylation is 3. The molecule has 2 rings (SSSR count). The first kappa shape index (κ1) is 16.2. The van der Waals surface area contributed by atoms with Crippen LogP contribution in [0.15, 0.2) is 28.8 Å². The van der Waals surface area contributed by atoms with Gasteiger partial charge in [0.15, 0.2) is 0 Å². The molecule has 0 aliphatic rings. The van der Waals surface area contributed by atoms with Gasteiger partial charge in [-0.1, -0.05) is 22.9 Å². The van der Waals surface area contributed by atoms with Gasteiger partial charge in [0.05, 0.1) is 11.7 Å². The van der Waals surface area contributed by atoms with E-state index in [-0.39, 0.29) is 11.9 Å². The molecular weight excluding hydrogens is 278 g/mol. The van der Waals surface area contributed by atoms with Crippen LogP contribution in [-0.2, 0) is 11.3 Å². The molecule has 22 heavy (non-hydrogen) atoms. The number of likely N-dealkylation sites (N-methyl/N-ethyl adjacent to an activating group) is 1. The van der Waals surface area contributed by atoms with Crippen molar-refractivity contribution < 1.29 is 9.32 Å². The van der Waals surface area contributed by atoms with Crippen LogP contribution < -0.4 is 5.32 Å². The zero-order valence-corrected chi connectivity index (χ0v) is 13.8. The van der Waals surface area contributed by atoms with Crippen molar-refractivity contribution >= 4 is 11.6 Å². The van der Waals surface area contributed by atoms with Gasteiger partial charge in [0.2, 0.25) is 5.91 Å². The summed E-state index contributed by atoms with van der Waals surface area (Å²) in [5.41, 5.74) is 3.93. The second-order valence-corrected chi connectivity index (χ2v) is 5.83. The molecule has 0 saturated carbocycles. The molecule has 0 fully saturated rings. The standard InChI is InChI=1S/C17H23N3O2/c1-11-6-7-16(12(2)8-11)18-17(21)14(4)20(5)10-15-9-13(3)22-19-15/h6-9,14H,10H2,1-5H3,(H,18,21). The Labute approximate surface area is 131 Å². The molecule has 1 aromatic carbocycles. The molecule has 1 unspecified atom stereocenters. The molecule has 0 bridgehead atoms. The quantitative estimate of drug-likeness (QED) is 0.922. The number of anilines is 1. The van der Waals surface area contributed by atoms with Crippen LogP contribution in [0.2, 0.25) is 0 Å². The molecule has 1 heterocycles. The fraction of sp³-hybridized carbons (Fsp3) is 0.412. The predicted molar refractivity (Wildman–Crippen MR) is 86.7 cm³/mol. The first-order valence-corrected chi connectivity index (χ1v) is 7.37. The Bertz CT molecular complexity index is 664. The minimum Gasteiger partial charge on any atom is -0.361 e. The van der Waals surface area contributed by atoms with Crippen molar-refractivity contribution in [3.05, 3.63) is 46.8 Å². The van der Waals surface area contributed by atoms with E-state index < -0.39 is 0 Å². The topological polar surface area (TPSA) is 58.4 Å². The van der Waals surface area contributed by atoms with Crippen molar-refractivity contribution in [2.75, 3.05) is 12.4 Å². The van der Waals surface area contributed by atoms with Crippen LogP contribution in [0.1, 0.15) is 29.5 Å². The molecule has 2 aromatic rings. The number of nitrogens with one attached hydrogen (secondary N) is 1. The third-order valence-electron chi connectivity index (χ3n) is 3.77. The normalized spacial score (nSPS) is 12.5. The van der Waals surface area contributed by atoms with Crippen molar-refractivity contribution in [1.29, 1.82) is 0 Å². The maximum atomic E-state index is 12.4. The number of carbonyl (C=O) groups is 1. The fourth-order valence-corrected chi connectivity index (χ4v) is 2.28. The molecule has 5 nitrogen and oxygen atoms in total. The molecule has 1 N–H and O–H groups in total. The Morgan fingerprint density at radius 3 is 2.64 bits per heavy atom. The second-order valence-electron chi connectivity index (χ2n) is 5.83. The average Bonchev–Trinajstić information content (AvgIpc) is 2.86. The predicted octanol–water partition coefficient (Wildman–Crippen LogP) is 3.06. The summed E-state index contributed by atoms with van der Waals surface area (Å²) in [6, 6.07) is 7.61. The van der Waals surface area contributed by atoms with Gasteiger partial charge in [-0.2, -0.15) is 0 Å². The molecule has 118 valence electrons. The summed E-state index contributed by atoms with van der Waals surface area (Å²) in [5.74, 6) is 0.741. The van der Waals surface area contributed by atoms with Crippen LogP contribution in [0, 0.1) is 20.8 Å². The van der Waals surface area contributed by atoms with Crippen molar-refractivity contribution in [3.63, 3.8) is 0 Å². The maximum absolute atomic E-state index is 12.4. The molecule has 5 heteroatoms. The van der Waals surface area contributed by atoms with Crippen LogP contribution in [0.5, 0.6) is 0 Å². The number of hydrogen-bond acceptors (Lipinski definition) is 4. The fourth-order valence-electron chi connectivity index (χ4n) is 2.28. The van der Waals surface area contributed by atoms with E-state index in [4.69, 9.17) is 4.52 Å². The lowest BCUT2D eigenvalue weighted by Gasteiger charge is -2.23. The van der Waals surface area contributed by atoms with Crippen molar-refractivity contribution in [1.82, 2.24) is 10.1 Å². The van der Waals surface area contributed by atoms with E-state index in [1.54, 1.807) is 0 Å². The number of nitrogens with zero attached hydrogens (tertiary/aromatic N) is 2. The van der Waals surface area contributed by atoms with Gasteiger partial charge in [-0.25, -0.2) is 0 Å². The Morgan fingerprint density at radius 2 is 2.05 bits per heavy atom. The Morgan fingerprint density at radius 1 is 1.32 bits per heavy atom. The number of rotatable bonds is 5. The van der Waals surface area contributed by atoms with E-state index in [2.05, 4.69) is 16.5 Å². The first-order chi connectivity index (χ1) is 10.4. The lowest BCUT2D eigenvalue weighted by molar-refractivity contribution is -0.120. The largest absolute Gasteiger partial charge is 0.361 e. The number of carbonyl (C=O) groups excluding carboxylic acids is 1. The molecule has 0 spiro atoms. The van der Waals surface area contributed by atoms with Gasteiger partial charge in [-0.05, 0) is 46.4 Å². The Balaban J connectivity index is 1.98. The number of benzene rings is 1. The SMILES string of the molecule is Cc1ccc(NC(=O)C(C)N(C)Cc2cc(C)on2)c(C)c1. The van der Waals surface area contributed by atoms with Gasteiger partial charge in [0.25, 0.3) is 0 Å². The monoisotopic (exact) mass is 301 g/mol. The lowest BCUT2D eigenvalue weighted by Crippen LogP contribution is -2.39. The van der Waals surface area contributed by atoms with E-state index in [1.165, 1.54) is 5.56 Å². The third kappa shape index (κ3) is 3.95. The second kappa shape index (κ2) is 6.75. The minimum atomic E-state index is -0.266. The van der Waals surface area contributed by atoms with Crippen LogP contribution in [0.25, 0.3) is 0 Å². The van der Waals surface area contributed by atoms with Crippen LogP contribution in [0.3, 0.4) is 0 Å². The van der Waals surface area contributed by atoms with Gasteiger partial charge in [-0.15, -0.1) is 0 Å². The summed E-state index contributed by atoms with van der Waals surface area (Å²) >= 11 is 0. The van der Waals surface area contributed by atoms with E-state index in [9.17, 15) is 4.79 Å². The molecule has 0 saturated heterocycles.